The van der Waals surface area contributed by atoms with E-state index >= 15 is 0 Å². The predicted molar refractivity (Wildman–Crippen MR) is 284 cm³/mol. The molecule has 0 aromatic rings. The van der Waals surface area contributed by atoms with Gasteiger partial charge in [0.15, 0.2) is 6.10 Å². The zero-order chi connectivity index (χ0) is 47.9. The fourth-order valence-electron chi connectivity index (χ4n) is 7.82. The molecule has 6 heteroatoms. The second-order valence-electron chi connectivity index (χ2n) is 18.4. The molecule has 0 N–H and O–H groups in total. The molecule has 0 spiro atoms. The Bertz CT molecular complexity index is 1240. The maximum atomic E-state index is 12.8. The van der Waals surface area contributed by atoms with E-state index in [0.717, 1.165) is 135 Å². The zero-order valence-electron chi connectivity index (χ0n) is 43.4. The van der Waals surface area contributed by atoms with Crippen molar-refractivity contribution in [1.82, 2.24) is 0 Å². The lowest BCUT2D eigenvalue weighted by Gasteiger charge is -2.18. The van der Waals surface area contributed by atoms with Crippen LogP contribution >= 0.6 is 0 Å². The molecule has 6 nitrogen and oxygen atoms in total. The van der Waals surface area contributed by atoms with Gasteiger partial charge in [-0.05, 0) is 83.5 Å². The molecule has 0 radical (unpaired) electrons. The lowest BCUT2D eigenvalue weighted by molar-refractivity contribution is -0.167. The highest BCUT2D eigenvalue weighted by molar-refractivity contribution is 5.71. The van der Waals surface area contributed by atoms with Crippen LogP contribution in [0.4, 0.5) is 0 Å². The third-order valence-corrected chi connectivity index (χ3v) is 12.0. The van der Waals surface area contributed by atoms with Gasteiger partial charge in [-0.1, -0.05) is 241 Å². The van der Waals surface area contributed by atoms with Gasteiger partial charge in [-0.3, -0.25) is 14.4 Å². The standard InChI is InChI=1S/C60H104O6/c1-4-7-10-13-16-19-22-25-28-29-30-33-35-38-41-44-47-50-53-59(62)65-56-57(66-60(63)54-51-48-45-42-39-36-32-27-24-21-18-15-12-9-6-3)55-64-58(61)52-49-46-43-40-37-34-31-26-23-20-17-14-11-8-5-2/h8-9,11-12,17-18,20-21,26-27,31-32,57H,4-7,10,13-16,19,22-25,28-30,33-56H2,1-3H3/b11-8-,12-9-,20-17-,21-18-,31-26-,32-27-. The summed E-state index contributed by atoms with van der Waals surface area (Å²) in [6.45, 7) is 6.41. The van der Waals surface area contributed by atoms with Crippen molar-refractivity contribution in [3.63, 3.8) is 0 Å². The molecule has 0 saturated heterocycles. The van der Waals surface area contributed by atoms with Gasteiger partial charge in [0.2, 0.25) is 0 Å². The summed E-state index contributed by atoms with van der Waals surface area (Å²) in [6.07, 6.45) is 68.9. The second-order valence-corrected chi connectivity index (χ2v) is 18.4. The van der Waals surface area contributed by atoms with Crippen LogP contribution in [-0.2, 0) is 28.6 Å². The van der Waals surface area contributed by atoms with Gasteiger partial charge in [-0.15, -0.1) is 0 Å². The van der Waals surface area contributed by atoms with Crippen LogP contribution in [0.2, 0.25) is 0 Å². The average molecular weight is 921 g/mol. The van der Waals surface area contributed by atoms with Gasteiger partial charge >= 0.3 is 17.9 Å². The van der Waals surface area contributed by atoms with Crippen LogP contribution in [0.15, 0.2) is 72.9 Å². The maximum Gasteiger partial charge on any atom is 0.306 e. The molecule has 0 aromatic carbocycles. The van der Waals surface area contributed by atoms with Crippen LogP contribution in [0.1, 0.15) is 271 Å². The topological polar surface area (TPSA) is 78.9 Å². The minimum Gasteiger partial charge on any atom is -0.462 e. The highest BCUT2D eigenvalue weighted by Crippen LogP contribution is 2.16. The van der Waals surface area contributed by atoms with Gasteiger partial charge in [0.25, 0.3) is 0 Å². The molecule has 0 bridgehead atoms. The van der Waals surface area contributed by atoms with E-state index in [4.69, 9.17) is 14.2 Å². The molecule has 1 unspecified atom stereocenters. The van der Waals surface area contributed by atoms with Crippen molar-refractivity contribution in [3.8, 4) is 0 Å². The van der Waals surface area contributed by atoms with Crippen molar-refractivity contribution in [2.45, 2.75) is 277 Å². The summed E-state index contributed by atoms with van der Waals surface area (Å²) >= 11 is 0. The molecule has 0 aliphatic heterocycles. The van der Waals surface area contributed by atoms with E-state index < -0.39 is 6.10 Å². The van der Waals surface area contributed by atoms with Crippen LogP contribution in [0, 0.1) is 0 Å². The maximum absolute atomic E-state index is 12.8. The number of carbonyl (C=O) groups is 3. The van der Waals surface area contributed by atoms with Gasteiger partial charge in [0.1, 0.15) is 13.2 Å². The van der Waals surface area contributed by atoms with E-state index in [9.17, 15) is 14.4 Å². The molecule has 0 rings (SSSR count). The summed E-state index contributed by atoms with van der Waals surface area (Å²) in [6, 6.07) is 0. The van der Waals surface area contributed by atoms with Gasteiger partial charge < -0.3 is 14.2 Å². The monoisotopic (exact) mass is 921 g/mol. The normalized spacial score (nSPS) is 12.6. The largest absolute Gasteiger partial charge is 0.462 e. The highest BCUT2D eigenvalue weighted by Gasteiger charge is 2.19. The predicted octanol–water partition coefficient (Wildman–Crippen LogP) is 18.6. The molecule has 0 saturated carbocycles. The molecule has 0 aromatic heterocycles. The fourth-order valence-corrected chi connectivity index (χ4v) is 7.82. The summed E-state index contributed by atoms with van der Waals surface area (Å²) in [4.78, 5) is 38.1. The molecule has 1 atom stereocenters. The molecule has 380 valence electrons. The minimum atomic E-state index is -0.790. The number of allylic oxidation sites excluding steroid dienone is 12. The first-order chi connectivity index (χ1) is 32.5. The average Bonchev–Trinajstić information content (AvgIpc) is 3.31. The Morgan fingerprint density at radius 3 is 0.924 bits per heavy atom. The molecular weight excluding hydrogens is 817 g/mol. The SMILES string of the molecule is CC/C=C\C/C=C\C/C=C\CCCCCCCC(=O)OCC(COC(=O)CCCCCCCCCCCCCCCCCCCC)OC(=O)CCCCCCC/C=C\C/C=C\C/C=C\CC. The number of esters is 3. The quantitative estimate of drug-likeness (QED) is 0.0262. The van der Waals surface area contributed by atoms with E-state index in [1.54, 1.807) is 0 Å². The van der Waals surface area contributed by atoms with Crippen LogP contribution in [0.5, 0.6) is 0 Å². The Kier molecular flexibility index (Phi) is 51.9. The Morgan fingerprint density at radius 1 is 0.318 bits per heavy atom. The Morgan fingerprint density at radius 2 is 0.591 bits per heavy atom. The first-order valence-corrected chi connectivity index (χ1v) is 27.9. The molecule has 66 heavy (non-hydrogen) atoms. The van der Waals surface area contributed by atoms with Crippen molar-refractivity contribution < 1.29 is 28.6 Å². The molecule has 0 heterocycles. The summed E-state index contributed by atoms with van der Waals surface area (Å²) in [5.41, 5.74) is 0. The molecule has 0 fully saturated rings. The van der Waals surface area contributed by atoms with Gasteiger partial charge in [-0.2, -0.15) is 0 Å². The summed E-state index contributed by atoms with van der Waals surface area (Å²) in [5, 5.41) is 0. The van der Waals surface area contributed by atoms with Gasteiger partial charge in [-0.25, -0.2) is 0 Å². The molecule has 0 aliphatic carbocycles. The van der Waals surface area contributed by atoms with E-state index in [1.165, 1.54) is 96.3 Å². The third kappa shape index (κ3) is 51.8. The number of carbonyl (C=O) groups excluding carboxylic acids is 3. The van der Waals surface area contributed by atoms with Crippen molar-refractivity contribution in [1.29, 1.82) is 0 Å². The smallest absolute Gasteiger partial charge is 0.306 e. The lowest BCUT2D eigenvalue weighted by Crippen LogP contribution is -2.30. The van der Waals surface area contributed by atoms with Crippen LogP contribution in [-0.4, -0.2) is 37.2 Å². The number of ether oxygens (including phenoxy) is 3. The van der Waals surface area contributed by atoms with Crippen LogP contribution < -0.4 is 0 Å². The lowest BCUT2D eigenvalue weighted by atomic mass is 10.0. The van der Waals surface area contributed by atoms with Gasteiger partial charge in [0, 0.05) is 19.3 Å². The molecule has 0 amide bonds. The number of hydrogen-bond acceptors (Lipinski definition) is 6. The van der Waals surface area contributed by atoms with Gasteiger partial charge in [0.05, 0.1) is 0 Å². The van der Waals surface area contributed by atoms with Crippen molar-refractivity contribution >= 4 is 17.9 Å². The summed E-state index contributed by atoms with van der Waals surface area (Å²) in [5.74, 6) is -0.913. The van der Waals surface area contributed by atoms with Crippen LogP contribution in [0.25, 0.3) is 0 Å². The summed E-state index contributed by atoms with van der Waals surface area (Å²) in [7, 11) is 0. The molecular formula is C60H104O6. The van der Waals surface area contributed by atoms with E-state index in [0.29, 0.717) is 19.3 Å². The Balaban J connectivity index is 4.39. The second kappa shape index (κ2) is 54.5. The zero-order valence-corrected chi connectivity index (χ0v) is 43.4. The van der Waals surface area contributed by atoms with E-state index in [-0.39, 0.29) is 31.1 Å². The van der Waals surface area contributed by atoms with Crippen molar-refractivity contribution in [2.24, 2.45) is 0 Å². The van der Waals surface area contributed by atoms with Crippen LogP contribution in [0.3, 0.4) is 0 Å². The highest BCUT2D eigenvalue weighted by atomic mass is 16.6. The number of unbranched alkanes of at least 4 members (excludes halogenated alkanes) is 27. The van der Waals surface area contributed by atoms with Crippen molar-refractivity contribution in [2.75, 3.05) is 13.2 Å². The molecule has 0 aliphatic rings. The van der Waals surface area contributed by atoms with Crippen molar-refractivity contribution in [3.05, 3.63) is 72.9 Å². The minimum absolute atomic E-state index is 0.0862. The Labute approximate surface area is 408 Å². The fraction of sp³-hybridized carbons (Fsp3) is 0.750. The first-order valence-electron chi connectivity index (χ1n) is 27.9. The Hall–Kier alpha value is -3.15. The summed E-state index contributed by atoms with van der Waals surface area (Å²) < 4.78 is 16.8. The number of hydrogen-bond donors (Lipinski definition) is 0. The third-order valence-electron chi connectivity index (χ3n) is 12.0. The van der Waals surface area contributed by atoms with E-state index in [2.05, 4.69) is 93.7 Å². The van der Waals surface area contributed by atoms with E-state index in [1.807, 2.05) is 0 Å². The number of rotatable bonds is 50. The first kappa shape index (κ1) is 62.8.